The van der Waals surface area contributed by atoms with E-state index in [4.69, 9.17) is 11.0 Å². The Morgan fingerprint density at radius 1 is 1.69 bits per heavy atom. The molecular formula is C11H15N3OS. The molecule has 86 valence electrons. The molecule has 0 bridgehead atoms. The van der Waals surface area contributed by atoms with Gasteiger partial charge in [-0.05, 0) is 19.9 Å². The molecule has 0 atom stereocenters. The van der Waals surface area contributed by atoms with Crippen molar-refractivity contribution >= 4 is 22.9 Å². The third kappa shape index (κ3) is 2.74. The van der Waals surface area contributed by atoms with Gasteiger partial charge in [0.25, 0.3) is 5.91 Å². The quantitative estimate of drug-likeness (QED) is 0.870. The molecule has 1 aromatic rings. The monoisotopic (exact) mass is 237 g/mol. The fraction of sp³-hybridized carbons (Fsp3) is 0.455. The van der Waals surface area contributed by atoms with Gasteiger partial charge in [-0.2, -0.15) is 5.26 Å². The van der Waals surface area contributed by atoms with Gasteiger partial charge in [0.1, 0.15) is 0 Å². The van der Waals surface area contributed by atoms with Crippen LogP contribution >= 0.6 is 11.3 Å². The number of carbonyl (C=O) groups excluding carboxylic acids is 1. The summed E-state index contributed by atoms with van der Waals surface area (Å²) in [5, 5.41) is 8.51. The van der Waals surface area contributed by atoms with E-state index >= 15 is 0 Å². The van der Waals surface area contributed by atoms with Crippen LogP contribution in [0.2, 0.25) is 0 Å². The van der Waals surface area contributed by atoms with Gasteiger partial charge in [-0.3, -0.25) is 4.79 Å². The Bertz CT molecular complexity index is 400. The summed E-state index contributed by atoms with van der Waals surface area (Å²) >= 11 is 1.40. The first-order chi connectivity index (χ1) is 7.60. The van der Waals surface area contributed by atoms with E-state index in [1.165, 1.54) is 11.3 Å². The zero-order valence-electron chi connectivity index (χ0n) is 9.49. The van der Waals surface area contributed by atoms with E-state index in [1.807, 2.05) is 19.9 Å². The van der Waals surface area contributed by atoms with Crippen LogP contribution in [0.4, 0.5) is 5.69 Å². The van der Waals surface area contributed by atoms with Crippen LogP contribution in [-0.4, -0.2) is 23.9 Å². The number of nitrogens with zero attached hydrogens (tertiary/aromatic N) is 2. The van der Waals surface area contributed by atoms with Gasteiger partial charge in [-0.15, -0.1) is 11.3 Å². The molecule has 0 aliphatic carbocycles. The maximum absolute atomic E-state index is 12.0. The van der Waals surface area contributed by atoms with Crippen LogP contribution in [0, 0.1) is 18.3 Å². The van der Waals surface area contributed by atoms with Crippen LogP contribution in [-0.2, 0) is 0 Å². The van der Waals surface area contributed by atoms with Crippen molar-refractivity contribution in [2.24, 2.45) is 0 Å². The number of anilines is 1. The summed E-state index contributed by atoms with van der Waals surface area (Å²) in [5.74, 6) is -0.0393. The van der Waals surface area contributed by atoms with Crippen LogP contribution in [0.5, 0.6) is 0 Å². The molecule has 1 heterocycles. The molecule has 5 heteroatoms. The lowest BCUT2D eigenvalue weighted by Gasteiger charge is -2.18. The molecule has 16 heavy (non-hydrogen) atoms. The van der Waals surface area contributed by atoms with Gasteiger partial charge in [0.05, 0.1) is 17.4 Å². The maximum atomic E-state index is 12.0. The lowest BCUT2D eigenvalue weighted by atomic mass is 10.3. The van der Waals surface area contributed by atoms with E-state index in [9.17, 15) is 4.79 Å². The molecule has 0 aliphatic rings. The van der Waals surface area contributed by atoms with Crippen LogP contribution in [0.15, 0.2) is 6.07 Å². The minimum absolute atomic E-state index is 0.0393. The van der Waals surface area contributed by atoms with Crippen LogP contribution in [0.25, 0.3) is 0 Å². The maximum Gasteiger partial charge on any atom is 0.264 e. The van der Waals surface area contributed by atoms with Crippen molar-refractivity contribution in [2.45, 2.75) is 20.3 Å². The van der Waals surface area contributed by atoms with E-state index in [1.54, 1.807) is 11.0 Å². The first-order valence-corrected chi connectivity index (χ1v) is 5.94. The minimum Gasteiger partial charge on any atom is -0.398 e. The molecule has 0 radical (unpaired) electrons. The van der Waals surface area contributed by atoms with Crippen LogP contribution in [0.1, 0.15) is 27.9 Å². The summed E-state index contributed by atoms with van der Waals surface area (Å²) in [4.78, 5) is 15.3. The zero-order chi connectivity index (χ0) is 12.1. The number of nitriles is 1. The van der Waals surface area contributed by atoms with E-state index in [2.05, 4.69) is 0 Å². The van der Waals surface area contributed by atoms with Crippen molar-refractivity contribution in [2.75, 3.05) is 18.8 Å². The summed E-state index contributed by atoms with van der Waals surface area (Å²) in [7, 11) is 0. The summed E-state index contributed by atoms with van der Waals surface area (Å²) < 4.78 is 0. The number of aryl methyl sites for hydroxylation is 1. The lowest BCUT2D eigenvalue weighted by molar-refractivity contribution is 0.0772. The highest BCUT2D eigenvalue weighted by Gasteiger charge is 2.16. The molecule has 0 saturated heterocycles. The zero-order valence-corrected chi connectivity index (χ0v) is 10.3. The van der Waals surface area contributed by atoms with Crippen molar-refractivity contribution in [3.05, 3.63) is 15.8 Å². The highest BCUT2D eigenvalue weighted by molar-refractivity contribution is 7.14. The summed E-state index contributed by atoms with van der Waals surface area (Å²) in [6, 6.07) is 3.75. The largest absolute Gasteiger partial charge is 0.398 e. The number of hydrogen-bond acceptors (Lipinski definition) is 4. The molecule has 2 N–H and O–H groups in total. The predicted octanol–water partition coefficient (Wildman–Crippen LogP) is 2.01. The fourth-order valence-corrected chi connectivity index (χ4v) is 2.25. The normalized spacial score (nSPS) is 9.81. The van der Waals surface area contributed by atoms with Gasteiger partial charge in [0, 0.05) is 23.7 Å². The number of nitrogen functional groups attached to an aromatic ring is 1. The Morgan fingerprint density at radius 3 is 2.81 bits per heavy atom. The summed E-state index contributed by atoms with van der Waals surface area (Å²) in [5.41, 5.74) is 6.36. The van der Waals surface area contributed by atoms with Gasteiger partial charge in [0.15, 0.2) is 0 Å². The second kappa shape index (κ2) is 5.52. The van der Waals surface area contributed by atoms with Crippen LogP contribution < -0.4 is 5.73 Å². The smallest absolute Gasteiger partial charge is 0.264 e. The van der Waals surface area contributed by atoms with Crippen LogP contribution in [0.3, 0.4) is 0 Å². The number of amides is 1. The first kappa shape index (κ1) is 12.5. The van der Waals surface area contributed by atoms with Crippen molar-refractivity contribution in [3.63, 3.8) is 0 Å². The highest BCUT2D eigenvalue weighted by atomic mass is 32.1. The summed E-state index contributed by atoms with van der Waals surface area (Å²) in [6.07, 6.45) is 0.361. The van der Waals surface area contributed by atoms with Crippen molar-refractivity contribution in [1.82, 2.24) is 4.90 Å². The Hall–Kier alpha value is -1.54. The molecule has 1 amide bonds. The molecule has 0 aliphatic heterocycles. The van der Waals surface area contributed by atoms with Crippen molar-refractivity contribution in [1.29, 1.82) is 5.26 Å². The average molecular weight is 237 g/mol. The topological polar surface area (TPSA) is 70.1 Å². The summed E-state index contributed by atoms with van der Waals surface area (Å²) in [6.45, 7) is 4.88. The van der Waals surface area contributed by atoms with Gasteiger partial charge < -0.3 is 10.6 Å². The number of nitrogens with two attached hydrogens (primary N) is 1. The van der Waals surface area contributed by atoms with Gasteiger partial charge >= 0.3 is 0 Å². The Kier molecular flexibility index (Phi) is 4.32. The molecule has 1 aromatic heterocycles. The average Bonchev–Trinajstić information content (AvgIpc) is 2.60. The second-order valence-corrected chi connectivity index (χ2v) is 4.67. The molecule has 0 unspecified atom stereocenters. The standard InChI is InChI=1S/C11H15N3OS/c1-3-14(6-4-5-12)11(15)10-7-9(13)8(2)16-10/h7H,3-4,6,13H2,1-2H3. The molecule has 0 aromatic carbocycles. The van der Waals surface area contributed by atoms with Gasteiger partial charge in [-0.1, -0.05) is 0 Å². The predicted molar refractivity (Wildman–Crippen MR) is 65.3 cm³/mol. The molecule has 1 rings (SSSR count). The molecule has 4 nitrogen and oxygen atoms in total. The van der Waals surface area contributed by atoms with E-state index < -0.39 is 0 Å². The number of rotatable bonds is 4. The molecule has 0 spiro atoms. The van der Waals surface area contributed by atoms with E-state index in [0.29, 0.717) is 30.1 Å². The third-order valence-electron chi connectivity index (χ3n) is 2.33. The van der Waals surface area contributed by atoms with E-state index in [-0.39, 0.29) is 5.91 Å². The Balaban J connectivity index is 2.79. The van der Waals surface area contributed by atoms with Crippen molar-refractivity contribution in [3.8, 4) is 6.07 Å². The molecule has 0 fully saturated rings. The second-order valence-electron chi connectivity index (χ2n) is 3.42. The van der Waals surface area contributed by atoms with Crippen molar-refractivity contribution < 1.29 is 4.79 Å². The molecule has 0 saturated carbocycles. The third-order valence-corrected chi connectivity index (χ3v) is 3.38. The SMILES string of the molecule is CCN(CCC#N)C(=O)c1cc(N)c(C)s1. The Labute approximate surface area is 99.3 Å². The number of thiophene rings is 1. The first-order valence-electron chi connectivity index (χ1n) is 5.12. The highest BCUT2D eigenvalue weighted by Crippen LogP contribution is 2.24. The lowest BCUT2D eigenvalue weighted by Crippen LogP contribution is -2.31. The van der Waals surface area contributed by atoms with E-state index in [0.717, 1.165) is 4.88 Å². The number of hydrogen-bond donors (Lipinski definition) is 1. The minimum atomic E-state index is -0.0393. The van der Waals surface area contributed by atoms with Gasteiger partial charge in [0.2, 0.25) is 0 Å². The fourth-order valence-electron chi connectivity index (χ4n) is 1.35. The van der Waals surface area contributed by atoms with Gasteiger partial charge in [-0.25, -0.2) is 0 Å². The number of carbonyl (C=O) groups is 1. The Morgan fingerprint density at radius 2 is 2.38 bits per heavy atom. The molecular weight excluding hydrogens is 222 g/mol.